The molecule has 0 saturated heterocycles. The molecule has 1 unspecified atom stereocenters. The van der Waals surface area contributed by atoms with E-state index < -0.39 is 9.90 Å². The number of halogens is 4. The number of rotatable bonds is 2. The second-order valence-electron chi connectivity index (χ2n) is 2.13. The van der Waals surface area contributed by atoms with Crippen molar-refractivity contribution >= 4 is 46.4 Å². The number of allylic oxidation sites excluding steroid dienone is 1. The van der Waals surface area contributed by atoms with Crippen LogP contribution in [-0.2, 0) is 0 Å². The molecule has 5 heteroatoms. The van der Waals surface area contributed by atoms with E-state index in [1.165, 1.54) is 6.08 Å². The fraction of sp³-hybridized carbons (Fsp3) is 0.667. The Hall–Kier alpha value is 0.860. The van der Waals surface area contributed by atoms with Gasteiger partial charge in [-0.3, -0.25) is 0 Å². The molecule has 1 N–H and O–H groups in total. The first-order chi connectivity index (χ1) is 4.84. The smallest absolute Gasteiger partial charge is 0.226 e. The minimum atomic E-state index is -1.57. The van der Waals surface area contributed by atoms with Gasteiger partial charge in [0.1, 0.15) is 0 Å². The SMILES string of the molecule is CC(O)CC=C(Cl)C(Cl)(Cl)Cl. The van der Waals surface area contributed by atoms with Crippen LogP contribution in [-0.4, -0.2) is 15.0 Å². The van der Waals surface area contributed by atoms with Gasteiger partial charge >= 0.3 is 0 Å². The largest absolute Gasteiger partial charge is 0.393 e. The molecule has 0 fully saturated rings. The molecule has 1 nitrogen and oxygen atoms in total. The van der Waals surface area contributed by atoms with E-state index in [1.807, 2.05) is 0 Å². The lowest BCUT2D eigenvalue weighted by molar-refractivity contribution is 0.198. The number of aliphatic hydroxyl groups excluding tert-OH is 1. The average Bonchev–Trinajstić information content (AvgIpc) is 1.80. The summed E-state index contributed by atoms with van der Waals surface area (Å²) in [6.45, 7) is 1.62. The first kappa shape index (κ1) is 11.9. The predicted molar refractivity (Wildman–Crippen MR) is 50.5 cm³/mol. The molecule has 0 spiro atoms. The molecule has 0 aromatic rings. The van der Waals surface area contributed by atoms with Crippen LogP contribution in [0.15, 0.2) is 11.1 Å². The quantitative estimate of drug-likeness (QED) is 0.732. The molecule has 0 aromatic heterocycles. The molecule has 1 atom stereocenters. The summed E-state index contributed by atoms with van der Waals surface area (Å²) in [6, 6.07) is 0. The van der Waals surface area contributed by atoms with Gasteiger partial charge in [0.15, 0.2) is 0 Å². The highest BCUT2D eigenvalue weighted by Gasteiger charge is 2.23. The van der Waals surface area contributed by atoms with Gasteiger partial charge in [0, 0.05) is 0 Å². The van der Waals surface area contributed by atoms with E-state index in [4.69, 9.17) is 51.5 Å². The molecule has 0 aromatic carbocycles. The van der Waals surface area contributed by atoms with Crippen LogP contribution in [0.4, 0.5) is 0 Å². The van der Waals surface area contributed by atoms with Crippen LogP contribution in [0.5, 0.6) is 0 Å². The second-order valence-corrected chi connectivity index (χ2v) is 4.82. The molecule has 0 heterocycles. The fourth-order valence-corrected chi connectivity index (χ4v) is 0.710. The van der Waals surface area contributed by atoms with E-state index in [-0.39, 0.29) is 5.03 Å². The molecule has 0 aliphatic carbocycles. The van der Waals surface area contributed by atoms with Crippen molar-refractivity contribution in [2.75, 3.05) is 0 Å². The summed E-state index contributed by atoms with van der Waals surface area (Å²) in [5, 5.41) is 8.95. The van der Waals surface area contributed by atoms with E-state index >= 15 is 0 Å². The van der Waals surface area contributed by atoms with E-state index in [1.54, 1.807) is 6.92 Å². The minimum Gasteiger partial charge on any atom is -0.393 e. The Morgan fingerprint density at radius 2 is 2.00 bits per heavy atom. The summed E-state index contributed by atoms with van der Waals surface area (Å²) in [5.41, 5.74) is 0. The summed E-state index contributed by atoms with van der Waals surface area (Å²) < 4.78 is -1.57. The van der Waals surface area contributed by atoms with Gasteiger partial charge < -0.3 is 5.11 Å². The molecular weight excluding hydrogens is 230 g/mol. The number of hydrogen-bond acceptors (Lipinski definition) is 1. The highest BCUT2D eigenvalue weighted by Crippen LogP contribution is 2.37. The third-order valence-electron chi connectivity index (χ3n) is 0.909. The summed E-state index contributed by atoms with van der Waals surface area (Å²) in [6.07, 6.45) is 1.39. The van der Waals surface area contributed by atoms with Crippen LogP contribution in [0, 0.1) is 0 Å². The van der Waals surface area contributed by atoms with Crippen LogP contribution in [0.2, 0.25) is 0 Å². The Morgan fingerprint density at radius 1 is 1.55 bits per heavy atom. The molecular formula is C6H8Cl4O. The molecule has 0 bridgehead atoms. The van der Waals surface area contributed by atoms with Crippen molar-refractivity contribution in [1.29, 1.82) is 0 Å². The normalized spacial score (nSPS) is 16.7. The van der Waals surface area contributed by atoms with Gasteiger partial charge in [-0.05, 0) is 13.3 Å². The van der Waals surface area contributed by atoms with Crippen LogP contribution in [0.25, 0.3) is 0 Å². The maximum absolute atomic E-state index is 8.83. The molecule has 66 valence electrons. The second kappa shape index (κ2) is 4.78. The van der Waals surface area contributed by atoms with Gasteiger partial charge in [0.05, 0.1) is 11.1 Å². The van der Waals surface area contributed by atoms with E-state index in [9.17, 15) is 0 Å². The average molecular weight is 238 g/mol. The molecule has 0 saturated carbocycles. The number of hydrogen-bond donors (Lipinski definition) is 1. The van der Waals surface area contributed by atoms with Gasteiger partial charge in [-0.25, -0.2) is 0 Å². The topological polar surface area (TPSA) is 20.2 Å². The maximum atomic E-state index is 8.83. The standard InChI is InChI=1S/C6H8Cl4O/c1-4(11)2-3-5(7)6(8,9)10/h3-4,11H,2H2,1H3. The molecule has 0 aliphatic rings. The predicted octanol–water partition coefficient (Wildman–Crippen LogP) is 3.25. The highest BCUT2D eigenvalue weighted by molar-refractivity contribution is 6.72. The summed E-state index contributed by atoms with van der Waals surface area (Å²) in [5.74, 6) is 0. The number of alkyl halides is 3. The summed E-state index contributed by atoms with van der Waals surface area (Å²) in [7, 11) is 0. The zero-order chi connectivity index (χ0) is 9.07. The van der Waals surface area contributed by atoms with Crippen LogP contribution >= 0.6 is 46.4 Å². The maximum Gasteiger partial charge on any atom is 0.226 e. The number of aliphatic hydroxyl groups is 1. The van der Waals surface area contributed by atoms with Crippen LogP contribution in [0.1, 0.15) is 13.3 Å². The van der Waals surface area contributed by atoms with Crippen molar-refractivity contribution < 1.29 is 5.11 Å². The van der Waals surface area contributed by atoms with Crippen LogP contribution < -0.4 is 0 Å². The van der Waals surface area contributed by atoms with Crippen molar-refractivity contribution in [3.8, 4) is 0 Å². The van der Waals surface area contributed by atoms with Gasteiger partial charge in [-0.2, -0.15) is 0 Å². The van der Waals surface area contributed by atoms with Crippen molar-refractivity contribution in [3.05, 3.63) is 11.1 Å². The molecule has 11 heavy (non-hydrogen) atoms. The Bertz CT molecular complexity index is 147. The third kappa shape index (κ3) is 6.06. The summed E-state index contributed by atoms with van der Waals surface area (Å²) >= 11 is 21.8. The zero-order valence-electron chi connectivity index (χ0n) is 5.82. The lowest BCUT2D eigenvalue weighted by Gasteiger charge is -2.09. The van der Waals surface area contributed by atoms with Crippen molar-refractivity contribution in [3.63, 3.8) is 0 Å². The Morgan fingerprint density at radius 3 is 2.27 bits per heavy atom. The Balaban J connectivity index is 4.02. The first-order valence-electron chi connectivity index (χ1n) is 2.95. The molecule has 0 rings (SSSR count). The Kier molecular flexibility index (Phi) is 5.16. The van der Waals surface area contributed by atoms with Crippen molar-refractivity contribution in [1.82, 2.24) is 0 Å². The van der Waals surface area contributed by atoms with Crippen LogP contribution in [0.3, 0.4) is 0 Å². The molecule has 0 radical (unpaired) electrons. The fourth-order valence-electron chi connectivity index (χ4n) is 0.390. The highest BCUT2D eigenvalue weighted by atomic mass is 35.6. The van der Waals surface area contributed by atoms with Crippen molar-refractivity contribution in [2.24, 2.45) is 0 Å². The van der Waals surface area contributed by atoms with E-state index in [2.05, 4.69) is 0 Å². The van der Waals surface area contributed by atoms with Gasteiger partial charge in [0.25, 0.3) is 0 Å². The monoisotopic (exact) mass is 236 g/mol. The first-order valence-corrected chi connectivity index (χ1v) is 4.46. The lowest BCUT2D eigenvalue weighted by Crippen LogP contribution is -2.03. The van der Waals surface area contributed by atoms with Crippen molar-refractivity contribution in [2.45, 2.75) is 23.2 Å². The Labute approximate surface area is 85.9 Å². The molecule has 0 aliphatic heterocycles. The molecule has 0 amide bonds. The van der Waals surface area contributed by atoms with Gasteiger partial charge in [-0.15, -0.1) is 0 Å². The zero-order valence-corrected chi connectivity index (χ0v) is 8.84. The van der Waals surface area contributed by atoms with Gasteiger partial charge in [-0.1, -0.05) is 52.5 Å². The van der Waals surface area contributed by atoms with E-state index in [0.29, 0.717) is 6.42 Å². The lowest BCUT2D eigenvalue weighted by atomic mass is 10.3. The van der Waals surface area contributed by atoms with E-state index in [0.717, 1.165) is 0 Å². The third-order valence-corrected chi connectivity index (χ3v) is 2.25. The summed E-state index contributed by atoms with van der Waals surface area (Å²) in [4.78, 5) is 0. The van der Waals surface area contributed by atoms with Gasteiger partial charge in [0.2, 0.25) is 3.79 Å². The minimum absolute atomic E-state index is 0.114.